The highest BCUT2D eigenvalue weighted by Gasteiger charge is 2.06. The molecule has 6 nitrogen and oxygen atoms in total. The molecule has 0 aromatic heterocycles. The first-order valence-electron chi connectivity index (χ1n) is 9.50. The summed E-state index contributed by atoms with van der Waals surface area (Å²) in [5, 5.41) is 5.39. The van der Waals surface area contributed by atoms with Crippen LogP contribution in [0.3, 0.4) is 0 Å². The minimum atomic E-state index is -0.209. The fraction of sp³-hybridized carbons (Fsp3) is 0.304. The Morgan fingerprint density at radius 3 is 2.41 bits per heavy atom. The van der Waals surface area contributed by atoms with Gasteiger partial charge in [-0.1, -0.05) is 32.0 Å². The van der Waals surface area contributed by atoms with Crippen LogP contribution >= 0.6 is 0 Å². The Kier molecular flexibility index (Phi) is 8.27. The van der Waals surface area contributed by atoms with E-state index < -0.39 is 0 Å². The molecule has 0 heterocycles. The molecule has 0 spiro atoms. The van der Waals surface area contributed by atoms with Crippen molar-refractivity contribution in [1.29, 1.82) is 0 Å². The van der Waals surface area contributed by atoms with Crippen LogP contribution < -0.4 is 20.1 Å². The van der Waals surface area contributed by atoms with E-state index in [1.165, 1.54) is 6.08 Å². The first kappa shape index (κ1) is 22.0. The van der Waals surface area contributed by atoms with Crippen LogP contribution in [0.5, 0.6) is 11.5 Å². The highest BCUT2D eigenvalue weighted by atomic mass is 16.5. The van der Waals surface area contributed by atoms with Crippen LogP contribution in [0.1, 0.15) is 35.3 Å². The lowest BCUT2D eigenvalue weighted by Gasteiger charge is -2.12. The largest absolute Gasteiger partial charge is 0.493 e. The van der Waals surface area contributed by atoms with E-state index in [1.807, 2.05) is 30.3 Å². The third-order valence-corrected chi connectivity index (χ3v) is 4.10. The Balaban J connectivity index is 1.92. The SMILES string of the molecule is CNC(=O)c1ccc(CNC(=O)/C=C/c2ccc(OCC(C)C)c(OC)c2)cc1. The zero-order valence-electron chi connectivity index (χ0n) is 17.3. The standard InChI is InChI=1S/C23H28N2O4/c1-16(2)15-29-20-11-7-17(13-21(20)28-4)8-12-22(26)25-14-18-5-9-19(10-6-18)23(27)24-3/h5-13,16H,14-15H2,1-4H3,(H,24,27)(H,25,26)/b12-8+. The molecule has 0 fully saturated rings. The van der Waals surface area contributed by atoms with Crippen molar-refractivity contribution in [3.8, 4) is 11.5 Å². The Morgan fingerprint density at radius 1 is 1.07 bits per heavy atom. The molecule has 0 saturated carbocycles. The molecule has 6 heteroatoms. The van der Waals surface area contributed by atoms with Gasteiger partial charge in [0.05, 0.1) is 13.7 Å². The van der Waals surface area contributed by atoms with E-state index in [4.69, 9.17) is 9.47 Å². The predicted molar refractivity (Wildman–Crippen MR) is 114 cm³/mol. The summed E-state index contributed by atoms with van der Waals surface area (Å²) in [6.45, 7) is 5.15. The molecule has 0 saturated heterocycles. The van der Waals surface area contributed by atoms with Gasteiger partial charge >= 0.3 is 0 Å². The molecule has 29 heavy (non-hydrogen) atoms. The van der Waals surface area contributed by atoms with Gasteiger partial charge in [0.15, 0.2) is 11.5 Å². The van der Waals surface area contributed by atoms with Crippen molar-refractivity contribution >= 4 is 17.9 Å². The van der Waals surface area contributed by atoms with Gasteiger partial charge in [-0.05, 0) is 47.4 Å². The molecule has 0 radical (unpaired) electrons. The predicted octanol–water partition coefficient (Wildman–Crippen LogP) is 3.42. The first-order chi connectivity index (χ1) is 13.9. The van der Waals surface area contributed by atoms with Crippen LogP contribution in [0, 0.1) is 5.92 Å². The third kappa shape index (κ3) is 6.99. The van der Waals surface area contributed by atoms with Gasteiger partial charge in [0.1, 0.15) is 0 Å². The highest BCUT2D eigenvalue weighted by molar-refractivity contribution is 5.94. The summed E-state index contributed by atoms with van der Waals surface area (Å²) in [7, 11) is 3.18. The monoisotopic (exact) mass is 396 g/mol. The Hall–Kier alpha value is -3.28. The summed E-state index contributed by atoms with van der Waals surface area (Å²) in [4.78, 5) is 23.6. The number of ether oxygens (including phenoxy) is 2. The fourth-order valence-electron chi connectivity index (χ4n) is 2.50. The molecule has 2 N–H and O–H groups in total. The normalized spacial score (nSPS) is 10.8. The van der Waals surface area contributed by atoms with Crippen molar-refractivity contribution in [3.63, 3.8) is 0 Å². The highest BCUT2D eigenvalue weighted by Crippen LogP contribution is 2.28. The molecule has 0 aliphatic carbocycles. The summed E-state index contributed by atoms with van der Waals surface area (Å²) < 4.78 is 11.1. The average molecular weight is 396 g/mol. The molecular weight excluding hydrogens is 368 g/mol. The number of carbonyl (C=O) groups is 2. The number of nitrogens with one attached hydrogen (secondary N) is 2. The minimum absolute atomic E-state index is 0.139. The Bertz CT molecular complexity index is 858. The van der Waals surface area contributed by atoms with Gasteiger partial charge in [0.25, 0.3) is 5.91 Å². The summed E-state index contributed by atoms with van der Waals surface area (Å²) in [5.41, 5.74) is 2.33. The smallest absolute Gasteiger partial charge is 0.251 e. The second-order valence-corrected chi connectivity index (χ2v) is 6.94. The topological polar surface area (TPSA) is 76.7 Å². The molecule has 0 unspecified atom stereocenters. The van der Waals surface area contributed by atoms with Gasteiger partial charge in [-0.15, -0.1) is 0 Å². The molecule has 0 aliphatic heterocycles. The van der Waals surface area contributed by atoms with Gasteiger partial charge in [0, 0.05) is 25.2 Å². The minimum Gasteiger partial charge on any atom is -0.493 e. The van der Waals surface area contributed by atoms with E-state index in [9.17, 15) is 9.59 Å². The quantitative estimate of drug-likeness (QED) is 0.637. The summed E-state index contributed by atoms with van der Waals surface area (Å²) in [5.74, 6) is 1.38. The Labute approximate surface area is 171 Å². The molecule has 154 valence electrons. The second-order valence-electron chi connectivity index (χ2n) is 6.94. The number of carbonyl (C=O) groups excluding carboxylic acids is 2. The van der Waals surface area contributed by atoms with E-state index in [1.54, 1.807) is 32.4 Å². The van der Waals surface area contributed by atoms with Crippen molar-refractivity contribution in [2.75, 3.05) is 20.8 Å². The van der Waals surface area contributed by atoms with Gasteiger partial charge < -0.3 is 20.1 Å². The molecule has 0 aliphatic rings. The van der Waals surface area contributed by atoms with Gasteiger partial charge in [-0.2, -0.15) is 0 Å². The Morgan fingerprint density at radius 2 is 1.79 bits per heavy atom. The fourth-order valence-corrected chi connectivity index (χ4v) is 2.50. The van der Waals surface area contributed by atoms with Gasteiger partial charge in [-0.3, -0.25) is 9.59 Å². The molecule has 2 rings (SSSR count). The lowest BCUT2D eigenvalue weighted by molar-refractivity contribution is -0.116. The number of hydrogen-bond acceptors (Lipinski definition) is 4. The molecule has 2 aromatic rings. The number of methoxy groups -OCH3 is 1. The summed E-state index contributed by atoms with van der Waals surface area (Å²) in [6, 6.07) is 12.6. The summed E-state index contributed by atoms with van der Waals surface area (Å²) >= 11 is 0. The van der Waals surface area contributed by atoms with E-state index in [-0.39, 0.29) is 11.8 Å². The van der Waals surface area contributed by atoms with E-state index in [0.29, 0.717) is 36.1 Å². The number of amides is 2. The van der Waals surface area contributed by atoms with E-state index in [0.717, 1.165) is 11.1 Å². The maximum Gasteiger partial charge on any atom is 0.251 e. The third-order valence-electron chi connectivity index (χ3n) is 4.10. The van der Waals surface area contributed by atoms with Gasteiger partial charge in [0.2, 0.25) is 5.91 Å². The van der Waals surface area contributed by atoms with Crippen LogP contribution in [0.15, 0.2) is 48.5 Å². The average Bonchev–Trinajstić information content (AvgIpc) is 2.74. The van der Waals surface area contributed by atoms with Crippen LogP contribution in [0.4, 0.5) is 0 Å². The molecule has 2 aromatic carbocycles. The van der Waals surface area contributed by atoms with Crippen molar-refractivity contribution in [2.45, 2.75) is 20.4 Å². The zero-order chi connectivity index (χ0) is 21.2. The van der Waals surface area contributed by atoms with Gasteiger partial charge in [-0.25, -0.2) is 0 Å². The maximum absolute atomic E-state index is 12.1. The molecular formula is C23H28N2O4. The van der Waals surface area contributed by atoms with Crippen LogP contribution in [0.25, 0.3) is 6.08 Å². The van der Waals surface area contributed by atoms with Crippen LogP contribution in [0.2, 0.25) is 0 Å². The lowest BCUT2D eigenvalue weighted by Crippen LogP contribution is -2.20. The van der Waals surface area contributed by atoms with Crippen molar-refractivity contribution in [2.24, 2.45) is 5.92 Å². The maximum atomic E-state index is 12.1. The second kappa shape index (κ2) is 10.9. The van der Waals surface area contributed by atoms with Crippen LogP contribution in [-0.4, -0.2) is 32.6 Å². The number of hydrogen-bond donors (Lipinski definition) is 2. The molecule has 0 bridgehead atoms. The zero-order valence-corrected chi connectivity index (χ0v) is 17.3. The van der Waals surface area contributed by atoms with E-state index in [2.05, 4.69) is 24.5 Å². The lowest BCUT2D eigenvalue weighted by atomic mass is 10.1. The van der Waals surface area contributed by atoms with Crippen molar-refractivity contribution in [1.82, 2.24) is 10.6 Å². The van der Waals surface area contributed by atoms with Crippen LogP contribution in [-0.2, 0) is 11.3 Å². The summed E-state index contributed by atoms with van der Waals surface area (Å²) in [6.07, 6.45) is 3.20. The molecule has 0 atom stereocenters. The van der Waals surface area contributed by atoms with E-state index >= 15 is 0 Å². The van der Waals surface area contributed by atoms with Crippen molar-refractivity contribution < 1.29 is 19.1 Å². The number of benzene rings is 2. The van der Waals surface area contributed by atoms with Crippen molar-refractivity contribution in [3.05, 3.63) is 65.2 Å². The number of rotatable bonds is 9. The molecule has 2 amide bonds. The first-order valence-corrected chi connectivity index (χ1v) is 9.50.